The molecule has 148 valence electrons. The van der Waals surface area contributed by atoms with Crippen LogP contribution in [0, 0.1) is 0 Å². The highest BCUT2D eigenvalue weighted by Gasteiger charge is 2.27. The molecule has 2 aliphatic heterocycles. The molecule has 0 saturated carbocycles. The van der Waals surface area contributed by atoms with E-state index in [2.05, 4.69) is 4.72 Å². The van der Waals surface area contributed by atoms with Gasteiger partial charge in [0.1, 0.15) is 10.6 Å². The molecule has 9 heteroatoms. The normalized spacial score (nSPS) is 18.0. The Morgan fingerprint density at radius 3 is 2.52 bits per heavy atom. The maximum Gasteiger partial charge on any atom is 0.244 e. The molecule has 0 spiro atoms. The second kappa shape index (κ2) is 8.26. The Balaban J connectivity index is 1.77. The average molecular weight is 395 g/mol. The van der Waals surface area contributed by atoms with Gasteiger partial charge in [-0.15, -0.1) is 0 Å². The molecule has 0 aliphatic carbocycles. The summed E-state index contributed by atoms with van der Waals surface area (Å²) < 4.78 is 33.1. The minimum Gasteiger partial charge on any atom is -0.495 e. The Labute approximate surface area is 159 Å². The molecule has 1 aromatic rings. The van der Waals surface area contributed by atoms with Crippen LogP contribution >= 0.6 is 0 Å². The minimum atomic E-state index is -3.97. The van der Waals surface area contributed by atoms with E-state index in [-0.39, 0.29) is 29.0 Å². The van der Waals surface area contributed by atoms with Crippen molar-refractivity contribution in [3.8, 4) is 5.75 Å². The maximum absolute atomic E-state index is 12.8. The van der Waals surface area contributed by atoms with Gasteiger partial charge in [0.05, 0.1) is 13.7 Å². The molecule has 2 heterocycles. The number of benzene rings is 1. The van der Waals surface area contributed by atoms with E-state index in [0.717, 1.165) is 25.7 Å². The van der Waals surface area contributed by atoms with Gasteiger partial charge >= 0.3 is 0 Å². The number of carbonyl (C=O) groups excluding carboxylic acids is 2. The molecular weight excluding hydrogens is 370 g/mol. The number of rotatable bonds is 6. The van der Waals surface area contributed by atoms with E-state index in [1.807, 2.05) is 0 Å². The number of piperidine rings is 1. The first-order valence-corrected chi connectivity index (χ1v) is 10.7. The summed E-state index contributed by atoms with van der Waals surface area (Å²) in [6, 6.07) is 4.62. The van der Waals surface area contributed by atoms with E-state index in [0.29, 0.717) is 31.7 Å². The fourth-order valence-corrected chi connectivity index (χ4v) is 4.62. The Kier molecular flexibility index (Phi) is 6.01. The number of sulfonamides is 1. The lowest BCUT2D eigenvalue weighted by Crippen LogP contribution is -2.42. The molecule has 8 nitrogen and oxygen atoms in total. The molecular formula is C18H25N3O5S. The summed E-state index contributed by atoms with van der Waals surface area (Å²) in [5, 5.41) is 0. The lowest BCUT2D eigenvalue weighted by molar-refractivity contribution is -0.130. The number of nitrogens with zero attached hydrogens (tertiary/aromatic N) is 2. The fourth-order valence-electron chi connectivity index (χ4n) is 3.45. The zero-order chi connectivity index (χ0) is 19.4. The first kappa shape index (κ1) is 19.6. The predicted octanol–water partition coefficient (Wildman–Crippen LogP) is 1.11. The van der Waals surface area contributed by atoms with Crippen LogP contribution in [0.3, 0.4) is 0 Å². The molecule has 1 N–H and O–H groups in total. The molecule has 2 aliphatic rings. The van der Waals surface area contributed by atoms with Crippen molar-refractivity contribution in [3.63, 3.8) is 0 Å². The van der Waals surface area contributed by atoms with Crippen molar-refractivity contribution < 1.29 is 22.7 Å². The molecule has 2 saturated heterocycles. The van der Waals surface area contributed by atoms with Crippen LogP contribution in [-0.2, 0) is 19.6 Å². The van der Waals surface area contributed by atoms with Gasteiger partial charge < -0.3 is 14.5 Å². The van der Waals surface area contributed by atoms with Crippen LogP contribution in [0.4, 0.5) is 5.69 Å². The average Bonchev–Trinajstić information content (AvgIpc) is 3.12. The molecule has 27 heavy (non-hydrogen) atoms. The van der Waals surface area contributed by atoms with Gasteiger partial charge in [-0.3, -0.25) is 9.59 Å². The van der Waals surface area contributed by atoms with Gasteiger partial charge in [0, 0.05) is 31.7 Å². The number of nitrogens with one attached hydrogen (secondary N) is 1. The monoisotopic (exact) mass is 395 g/mol. The Hall–Kier alpha value is -2.13. The summed E-state index contributed by atoms with van der Waals surface area (Å²) in [5.41, 5.74) is 0.515. The van der Waals surface area contributed by atoms with Crippen LogP contribution in [0.2, 0.25) is 0 Å². The number of amides is 2. The van der Waals surface area contributed by atoms with Crippen LogP contribution in [-0.4, -0.2) is 58.4 Å². The minimum absolute atomic E-state index is 0.0308. The van der Waals surface area contributed by atoms with E-state index in [9.17, 15) is 18.0 Å². The Bertz CT molecular complexity index is 818. The van der Waals surface area contributed by atoms with Crippen molar-refractivity contribution in [1.82, 2.24) is 9.62 Å². The first-order chi connectivity index (χ1) is 12.9. The second-order valence-electron chi connectivity index (χ2n) is 6.75. The highest BCUT2D eigenvalue weighted by molar-refractivity contribution is 7.89. The van der Waals surface area contributed by atoms with Crippen LogP contribution in [0.5, 0.6) is 5.75 Å². The molecule has 0 atom stereocenters. The summed E-state index contributed by atoms with van der Waals surface area (Å²) in [6.07, 6.45) is 4.18. The zero-order valence-electron chi connectivity index (χ0n) is 15.4. The second-order valence-corrected chi connectivity index (χ2v) is 8.49. The highest BCUT2D eigenvalue weighted by atomic mass is 32.2. The lowest BCUT2D eigenvalue weighted by Gasteiger charge is -2.26. The van der Waals surface area contributed by atoms with Crippen molar-refractivity contribution >= 4 is 27.5 Å². The van der Waals surface area contributed by atoms with E-state index >= 15 is 0 Å². The van der Waals surface area contributed by atoms with E-state index in [4.69, 9.17) is 4.74 Å². The van der Waals surface area contributed by atoms with Gasteiger partial charge in [-0.25, -0.2) is 13.1 Å². The third-order valence-corrected chi connectivity index (χ3v) is 6.37. The van der Waals surface area contributed by atoms with E-state index in [1.165, 1.54) is 19.2 Å². The van der Waals surface area contributed by atoms with Crippen LogP contribution < -0.4 is 14.4 Å². The van der Waals surface area contributed by atoms with Crippen molar-refractivity contribution in [1.29, 1.82) is 0 Å². The van der Waals surface area contributed by atoms with E-state index in [1.54, 1.807) is 15.9 Å². The Morgan fingerprint density at radius 2 is 1.89 bits per heavy atom. The molecule has 0 radical (unpaired) electrons. The molecule has 2 amide bonds. The molecule has 2 fully saturated rings. The molecule has 3 rings (SSSR count). The van der Waals surface area contributed by atoms with Gasteiger partial charge in [0.2, 0.25) is 21.8 Å². The van der Waals surface area contributed by atoms with Crippen molar-refractivity contribution in [3.05, 3.63) is 18.2 Å². The number of hydrogen-bond donors (Lipinski definition) is 1. The SMILES string of the molecule is COc1ccc(N2CCCC2=O)cc1S(=O)(=O)NCC(=O)N1CCCCC1. The lowest BCUT2D eigenvalue weighted by atomic mass is 10.1. The number of carbonyl (C=O) groups is 2. The largest absolute Gasteiger partial charge is 0.495 e. The summed E-state index contributed by atoms with van der Waals surface area (Å²) in [4.78, 5) is 27.4. The van der Waals surface area contributed by atoms with Crippen molar-refractivity contribution in [2.45, 2.75) is 37.0 Å². The number of ether oxygens (including phenoxy) is 1. The third kappa shape index (κ3) is 4.41. The fraction of sp³-hybridized carbons (Fsp3) is 0.556. The first-order valence-electron chi connectivity index (χ1n) is 9.18. The molecule has 0 bridgehead atoms. The highest BCUT2D eigenvalue weighted by Crippen LogP contribution is 2.30. The standard InChI is InChI=1S/C18H25N3O5S/c1-26-15-8-7-14(21-11-5-6-17(21)22)12-16(15)27(24,25)19-13-18(23)20-9-3-2-4-10-20/h7-8,12,19H,2-6,9-11,13H2,1H3. The number of anilines is 1. The Morgan fingerprint density at radius 1 is 1.15 bits per heavy atom. The van der Waals surface area contributed by atoms with Gasteiger partial charge in [0.15, 0.2) is 0 Å². The zero-order valence-corrected chi connectivity index (χ0v) is 16.3. The third-order valence-electron chi connectivity index (χ3n) is 4.94. The number of likely N-dealkylation sites (tertiary alicyclic amines) is 1. The van der Waals surface area contributed by atoms with Crippen LogP contribution in [0.15, 0.2) is 23.1 Å². The summed E-state index contributed by atoms with van der Waals surface area (Å²) in [5.74, 6) is -0.0943. The van der Waals surface area contributed by atoms with Gasteiger partial charge in [-0.2, -0.15) is 0 Å². The summed E-state index contributed by atoms with van der Waals surface area (Å²) in [6.45, 7) is 1.59. The maximum atomic E-state index is 12.8. The summed E-state index contributed by atoms with van der Waals surface area (Å²) in [7, 11) is -2.58. The predicted molar refractivity (Wildman–Crippen MR) is 100 cm³/mol. The smallest absolute Gasteiger partial charge is 0.244 e. The molecule has 0 aromatic heterocycles. The topological polar surface area (TPSA) is 96.0 Å². The quantitative estimate of drug-likeness (QED) is 0.779. The summed E-state index contributed by atoms with van der Waals surface area (Å²) >= 11 is 0. The number of methoxy groups -OCH3 is 1. The van der Waals surface area contributed by atoms with Crippen molar-refractivity contribution in [2.75, 3.05) is 38.2 Å². The van der Waals surface area contributed by atoms with Gasteiger partial charge in [-0.05, 0) is 43.9 Å². The molecule has 1 aromatic carbocycles. The van der Waals surface area contributed by atoms with Crippen LogP contribution in [0.1, 0.15) is 32.1 Å². The van der Waals surface area contributed by atoms with Crippen LogP contribution in [0.25, 0.3) is 0 Å². The number of hydrogen-bond acceptors (Lipinski definition) is 5. The van der Waals surface area contributed by atoms with Gasteiger partial charge in [-0.1, -0.05) is 0 Å². The van der Waals surface area contributed by atoms with Gasteiger partial charge in [0.25, 0.3) is 0 Å². The van der Waals surface area contributed by atoms with Crippen molar-refractivity contribution in [2.24, 2.45) is 0 Å². The molecule has 0 unspecified atom stereocenters. The van der Waals surface area contributed by atoms with E-state index < -0.39 is 10.0 Å².